The molecule has 0 bridgehead atoms. The number of nitrogens with zero attached hydrogens (tertiary/aromatic N) is 1. The standard InChI is InChI=1S/C16H19N3O/c1-3-19(15-7-5-4-6-12(15)2)16(20)18-14-10-8-13(17)9-11-14/h4-11H,3,17H2,1-2H3,(H,18,20). The lowest BCUT2D eigenvalue weighted by atomic mass is 10.2. The van der Waals surface area contributed by atoms with Crippen molar-refractivity contribution >= 4 is 23.1 Å². The Labute approximate surface area is 119 Å². The van der Waals surface area contributed by atoms with Crippen LogP contribution in [-0.2, 0) is 0 Å². The van der Waals surface area contributed by atoms with E-state index in [0.717, 1.165) is 16.9 Å². The van der Waals surface area contributed by atoms with Gasteiger partial charge in [-0.1, -0.05) is 18.2 Å². The van der Waals surface area contributed by atoms with Gasteiger partial charge in [-0.05, 0) is 49.7 Å². The summed E-state index contributed by atoms with van der Waals surface area (Å²) in [4.78, 5) is 14.1. The van der Waals surface area contributed by atoms with Crippen molar-refractivity contribution in [1.29, 1.82) is 0 Å². The van der Waals surface area contributed by atoms with Crippen LogP contribution in [0.15, 0.2) is 48.5 Å². The third kappa shape index (κ3) is 3.09. The van der Waals surface area contributed by atoms with Gasteiger partial charge in [0, 0.05) is 23.6 Å². The van der Waals surface area contributed by atoms with Gasteiger partial charge >= 0.3 is 6.03 Å². The van der Waals surface area contributed by atoms with Crippen molar-refractivity contribution < 1.29 is 4.79 Å². The van der Waals surface area contributed by atoms with Gasteiger partial charge in [0.1, 0.15) is 0 Å². The molecule has 2 aromatic carbocycles. The van der Waals surface area contributed by atoms with Gasteiger partial charge in [-0.3, -0.25) is 4.90 Å². The van der Waals surface area contributed by atoms with Crippen LogP contribution >= 0.6 is 0 Å². The van der Waals surface area contributed by atoms with Gasteiger partial charge in [0.25, 0.3) is 0 Å². The normalized spacial score (nSPS) is 10.1. The maximum absolute atomic E-state index is 12.4. The highest BCUT2D eigenvalue weighted by Crippen LogP contribution is 2.20. The number of nitrogens with one attached hydrogen (secondary N) is 1. The van der Waals surface area contributed by atoms with Crippen LogP contribution in [0, 0.1) is 6.92 Å². The Kier molecular flexibility index (Phi) is 4.25. The molecule has 4 heteroatoms. The Morgan fingerprint density at radius 3 is 2.40 bits per heavy atom. The molecular formula is C16H19N3O. The third-order valence-electron chi connectivity index (χ3n) is 3.13. The van der Waals surface area contributed by atoms with Crippen LogP contribution < -0.4 is 16.0 Å². The van der Waals surface area contributed by atoms with E-state index in [2.05, 4.69) is 5.32 Å². The Bertz CT molecular complexity index is 593. The summed E-state index contributed by atoms with van der Waals surface area (Å²) in [6.07, 6.45) is 0. The molecule has 0 fully saturated rings. The molecule has 4 nitrogen and oxygen atoms in total. The van der Waals surface area contributed by atoms with E-state index < -0.39 is 0 Å². The van der Waals surface area contributed by atoms with E-state index in [1.807, 2.05) is 38.1 Å². The highest BCUT2D eigenvalue weighted by molar-refractivity contribution is 6.02. The summed E-state index contributed by atoms with van der Waals surface area (Å²) in [6, 6.07) is 14.8. The Balaban J connectivity index is 2.18. The average molecular weight is 269 g/mol. The maximum Gasteiger partial charge on any atom is 0.326 e. The number of benzene rings is 2. The molecule has 0 spiro atoms. The number of carbonyl (C=O) groups is 1. The molecule has 0 unspecified atom stereocenters. The van der Waals surface area contributed by atoms with Crippen LogP contribution in [0.5, 0.6) is 0 Å². The van der Waals surface area contributed by atoms with Gasteiger partial charge in [0.2, 0.25) is 0 Å². The molecule has 0 aliphatic heterocycles. The molecule has 0 aliphatic rings. The number of amides is 2. The highest BCUT2D eigenvalue weighted by atomic mass is 16.2. The molecule has 2 aromatic rings. The van der Waals surface area contributed by atoms with Gasteiger partial charge in [0.15, 0.2) is 0 Å². The number of urea groups is 1. The van der Waals surface area contributed by atoms with E-state index in [9.17, 15) is 4.79 Å². The van der Waals surface area contributed by atoms with Crippen molar-refractivity contribution in [3.63, 3.8) is 0 Å². The lowest BCUT2D eigenvalue weighted by Gasteiger charge is -2.23. The number of hydrogen-bond donors (Lipinski definition) is 2. The molecule has 20 heavy (non-hydrogen) atoms. The smallest absolute Gasteiger partial charge is 0.326 e. The van der Waals surface area contributed by atoms with Gasteiger partial charge < -0.3 is 11.1 Å². The summed E-state index contributed by atoms with van der Waals surface area (Å²) >= 11 is 0. The molecule has 2 rings (SSSR count). The quantitative estimate of drug-likeness (QED) is 0.836. The monoisotopic (exact) mass is 269 g/mol. The SMILES string of the molecule is CCN(C(=O)Nc1ccc(N)cc1)c1ccccc1C. The minimum Gasteiger partial charge on any atom is -0.399 e. The van der Waals surface area contributed by atoms with Crippen molar-refractivity contribution in [3.05, 3.63) is 54.1 Å². The number of hydrogen-bond acceptors (Lipinski definition) is 2. The second kappa shape index (κ2) is 6.10. The molecule has 0 heterocycles. The van der Waals surface area contributed by atoms with Crippen molar-refractivity contribution in [2.75, 3.05) is 22.5 Å². The van der Waals surface area contributed by atoms with Crippen LogP contribution in [-0.4, -0.2) is 12.6 Å². The summed E-state index contributed by atoms with van der Waals surface area (Å²) in [5.41, 5.74) is 9.03. The average Bonchev–Trinajstić information content (AvgIpc) is 2.44. The van der Waals surface area contributed by atoms with Crippen LogP contribution in [0.3, 0.4) is 0 Å². The van der Waals surface area contributed by atoms with Crippen LogP contribution in [0.4, 0.5) is 21.9 Å². The summed E-state index contributed by atoms with van der Waals surface area (Å²) in [5, 5.41) is 2.88. The largest absolute Gasteiger partial charge is 0.399 e. The van der Waals surface area contributed by atoms with Crippen molar-refractivity contribution in [2.45, 2.75) is 13.8 Å². The summed E-state index contributed by atoms with van der Waals surface area (Å²) in [6.45, 7) is 4.55. The predicted molar refractivity (Wildman–Crippen MR) is 84.1 cm³/mol. The fourth-order valence-electron chi connectivity index (χ4n) is 2.05. The Morgan fingerprint density at radius 2 is 1.80 bits per heavy atom. The van der Waals surface area contributed by atoms with E-state index in [1.165, 1.54) is 0 Å². The number of rotatable bonds is 3. The minimum atomic E-state index is -0.147. The van der Waals surface area contributed by atoms with Gasteiger partial charge in [-0.25, -0.2) is 4.79 Å². The zero-order valence-corrected chi connectivity index (χ0v) is 11.8. The number of carbonyl (C=O) groups excluding carboxylic acids is 1. The third-order valence-corrected chi connectivity index (χ3v) is 3.13. The first-order valence-corrected chi connectivity index (χ1v) is 6.61. The molecule has 0 radical (unpaired) electrons. The van der Waals surface area contributed by atoms with Crippen molar-refractivity contribution in [3.8, 4) is 0 Å². The summed E-state index contributed by atoms with van der Waals surface area (Å²) in [5.74, 6) is 0. The molecule has 0 saturated heterocycles. The van der Waals surface area contributed by atoms with Gasteiger partial charge in [0.05, 0.1) is 0 Å². The molecule has 2 amide bonds. The van der Waals surface area contributed by atoms with Gasteiger partial charge in [-0.15, -0.1) is 0 Å². The van der Waals surface area contributed by atoms with E-state index in [4.69, 9.17) is 5.73 Å². The van der Waals surface area contributed by atoms with Crippen LogP contribution in [0.25, 0.3) is 0 Å². The Morgan fingerprint density at radius 1 is 1.15 bits per heavy atom. The maximum atomic E-state index is 12.4. The number of nitrogens with two attached hydrogens (primary N) is 1. The number of para-hydroxylation sites is 1. The van der Waals surface area contributed by atoms with Crippen LogP contribution in [0.1, 0.15) is 12.5 Å². The predicted octanol–water partition coefficient (Wildman–Crippen LogP) is 3.64. The topological polar surface area (TPSA) is 58.4 Å². The molecule has 104 valence electrons. The fraction of sp³-hybridized carbons (Fsp3) is 0.188. The summed E-state index contributed by atoms with van der Waals surface area (Å²) in [7, 11) is 0. The Hall–Kier alpha value is -2.49. The number of aryl methyl sites for hydroxylation is 1. The van der Waals surface area contributed by atoms with E-state index in [0.29, 0.717) is 12.2 Å². The zero-order valence-electron chi connectivity index (χ0n) is 11.8. The molecule has 0 saturated carbocycles. The highest BCUT2D eigenvalue weighted by Gasteiger charge is 2.15. The first-order chi connectivity index (χ1) is 9.61. The minimum absolute atomic E-state index is 0.147. The lowest BCUT2D eigenvalue weighted by molar-refractivity contribution is 0.257. The molecule has 3 N–H and O–H groups in total. The summed E-state index contributed by atoms with van der Waals surface area (Å²) < 4.78 is 0. The van der Waals surface area contributed by atoms with Crippen LogP contribution in [0.2, 0.25) is 0 Å². The van der Waals surface area contributed by atoms with E-state index >= 15 is 0 Å². The van der Waals surface area contributed by atoms with Crippen molar-refractivity contribution in [1.82, 2.24) is 0 Å². The molecule has 0 atom stereocenters. The second-order valence-electron chi connectivity index (χ2n) is 4.58. The molecular weight excluding hydrogens is 250 g/mol. The van der Waals surface area contributed by atoms with Crippen molar-refractivity contribution in [2.24, 2.45) is 0 Å². The van der Waals surface area contributed by atoms with E-state index in [-0.39, 0.29) is 6.03 Å². The second-order valence-corrected chi connectivity index (χ2v) is 4.58. The first kappa shape index (κ1) is 13.9. The molecule has 0 aliphatic carbocycles. The van der Waals surface area contributed by atoms with E-state index in [1.54, 1.807) is 29.2 Å². The number of nitrogen functional groups attached to an aromatic ring is 1. The molecule has 0 aromatic heterocycles. The first-order valence-electron chi connectivity index (χ1n) is 6.61. The van der Waals surface area contributed by atoms with Gasteiger partial charge in [-0.2, -0.15) is 0 Å². The fourth-order valence-corrected chi connectivity index (χ4v) is 2.05. The lowest BCUT2D eigenvalue weighted by Crippen LogP contribution is -2.35. The number of anilines is 3. The zero-order chi connectivity index (χ0) is 14.5.